The topological polar surface area (TPSA) is 29.3 Å². The van der Waals surface area contributed by atoms with E-state index in [2.05, 4.69) is 23.9 Å². The largest absolute Gasteiger partial charge is 0.361 e. The molecule has 0 fully saturated rings. The highest BCUT2D eigenvalue weighted by molar-refractivity contribution is 5.23. The van der Waals surface area contributed by atoms with Crippen LogP contribution < -0.4 is 0 Å². The van der Waals surface area contributed by atoms with Crippen LogP contribution in [0.3, 0.4) is 0 Å². The van der Waals surface area contributed by atoms with Crippen molar-refractivity contribution in [3.8, 4) is 0 Å². The van der Waals surface area contributed by atoms with Crippen LogP contribution in [-0.2, 0) is 12.8 Å². The SMILES string of the molecule is Cc1noc2c1CCN(C(C)C)CC2. The number of rotatable bonds is 1. The smallest absolute Gasteiger partial charge is 0.141 e. The van der Waals surface area contributed by atoms with Crippen molar-refractivity contribution in [2.45, 2.75) is 39.7 Å². The summed E-state index contributed by atoms with van der Waals surface area (Å²) in [5.41, 5.74) is 2.42. The van der Waals surface area contributed by atoms with Gasteiger partial charge in [0.2, 0.25) is 0 Å². The quantitative estimate of drug-likeness (QED) is 0.682. The van der Waals surface area contributed by atoms with E-state index in [1.165, 1.54) is 5.56 Å². The first-order valence-electron chi connectivity index (χ1n) is 5.36. The molecule has 0 N–H and O–H groups in total. The molecule has 0 unspecified atom stereocenters. The summed E-state index contributed by atoms with van der Waals surface area (Å²) in [4.78, 5) is 2.50. The average Bonchev–Trinajstić information content (AvgIpc) is 2.38. The number of hydrogen-bond donors (Lipinski definition) is 0. The van der Waals surface area contributed by atoms with Gasteiger partial charge in [-0.05, 0) is 27.2 Å². The van der Waals surface area contributed by atoms with Gasteiger partial charge >= 0.3 is 0 Å². The zero-order valence-corrected chi connectivity index (χ0v) is 9.21. The molecular weight excluding hydrogens is 176 g/mol. The third kappa shape index (κ3) is 1.69. The van der Waals surface area contributed by atoms with Crippen LogP contribution in [0.25, 0.3) is 0 Å². The van der Waals surface area contributed by atoms with Gasteiger partial charge in [-0.25, -0.2) is 0 Å². The molecule has 0 amide bonds. The van der Waals surface area contributed by atoms with E-state index < -0.39 is 0 Å². The van der Waals surface area contributed by atoms with Crippen LogP contribution in [0.2, 0.25) is 0 Å². The molecule has 1 aliphatic rings. The Balaban J connectivity index is 2.14. The molecular formula is C11H18N2O. The van der Waals surface area contributed by atoms with Crippen molar-refractivity contribution in [1.82, 2.24) is 10.1 Å². The van der Waals surface area contributed by atoms with E-state index in [1.807, 2.05) is 6.92 Å². The molecule has 0 aromatic carbocycles. The monoisotopic (exact) mass is 194 g/mol. The van der Waals surface area contributed by atoms with Crippen LogP contribution in [0.15, 0.2) is 4.52 Å². The summed E-state index contributed by atoms with van der Waals surface area (Å²) in [5.74, 6) is 1.10. The molecule has 1 aliphatic heterocycles. The van der Waals surface area contributed by atoms with Crippen LogP contribution in [-0.4, -0.2) is 29.2 Å². The third-order valence-corrected chi connectivity index (χ3v) is 3.07. The Hall–Kier alpha value is -0.830. The minimum absolute atomic E-state index is 0.632. The van der Waals surface area contributed by atoms with Gasteiger partial charge < -0.3 is 9.42 Å². The summed E-state index contributed by atoms with van der Waals surface area (Å²) in [6, 6.07) is 0.632. The summed E-state index contributed by atoms with van der Waals surface area (Å²) in [6.07, 6.45) is 2.09. The Morgan fingerprint density at radius 1 is 1.29 bits per heavy atom. The Labute approximate surface area is 85.1 Å². The molecule has 0 saturated heterocycles. The lowest BCUT2D eigenvalue weighted by atomic mass is 10.1. The minimum atomic E-state index is 0.632. The van der Waals surface area contributed by atoms with Gasteiger partial charge in [0, 0.05) is 31.1 Å². The highest BCUT2D eigenvalue weighted by Crippen LogP contribution is 2.19. The molecule has 1 aromatic rings. The van der Waals surface area contributed by atoms with Crippen molar-refractivity contribution in [3.63, 3.8) is 0 Å². The van der Waals surface area contributed by atoms with Crippen molar-refractivity contribution in [2.75, 3.05) is 13.1 Å². The van der Waals surface area contributed by atoms with Crippen molar-refractivity contribution in [1.29, 1.82) is 0 Å². The van der Waals surface area contributed by atoms with Gasteiger partial charge in [0.25, 0.3) is 0 Å². The van der Waals surface area contributed by atoms with E-state index in [-0.39, 0.29) is 0 Å². The molecule has 0 saturated carbocycles. The third-order valence-electron chi connectivity index (χ3n) is 3.07. The molecule has 2 heterocycles. The van der Waals surface area contributed by atoms with Crippen LogP contribution >= 0.6 is 0 Å². The van der Waals surface area contributed by atoms with Crippen LogP contribution in [0.4, 0.5) is 0 Å². The number of aromatic nitrogens is 1. The lowest BCUT2D eigenvalue weighted by Gasteiger charge is -2.23. The normalized spacial score (nSPS) is 18.3. The maximum atomic E-state index is 5.32. The maximum absolute atomic E-state index is 5.32. The van der Waals surface area contributed by atoms with Gasteiger partial charge in [0.05, 0.1) is 5.69 Å². The van der Waals surface area contributed by atoms with Crippen molar-refractivity contribution >= 4 is 0 Å². The Morgan fingerprint density at radius 3 is 2.71 bits per heavy atom. The second kappa shape index (κ2) is 3.73. The highest BCUT2D eigenvalue weighted by Gasteiger charge is 2.20. The molecule has 3 heteroatoms. The second-order valence-electron chi connectivity index (χ2n) is 4.30. The fourth-order valence-electron chi connectivity index (χ4n) is 2.08. The first-order chi connectivity index (χ1) is 6.68. The van der Waals surface area contributed by atoms with Gasteiger partial charge in [-0.15, -0.1) is 0 Å². The van der Waals surface area contributed by atoms with Gasteiger partial charge in [-0.3, -0.25) is 0 Å². The van der Waals surface area contributed by atoms with Crippen LogP contribution in [0.5, 0.6) is 0 Å². The standard InChI is InChI=1S/C11H18N2O/c1-8(2)13-6-4-10-9(3)12-14-11(10)5-7-13/h8H,4-7H2,1-3H3. The summed E-state index contributed by atoms with van der Waals surface area (Å²) in [5, 5.41) is 4.02. The van der Waals surface area contributed by atoms with Crippen molar-refractivity contribution in [2.24, 2.45) is 0 Å². The summed E-state index contributed by atoms with van der Waals surface area (Å²) in [6.45, 7) is 8.76. The lowest BCUT2D eigenvalue weighted by molar-refractivity contribution is 0.227. The zero-order valence-electron chi connectivity index (χ0n) is 9.21. The number of nitrogens with zero attached hydrogens (tertiary/aromatic N) is 2. The van der Waals surface area contributed by atoms with Crippen molar-refractivity contribution < 1.29 is 4.52 Å². The second-order valence-corrected chi connectivity index (χ2v) is 4.30. The maximum Gasteiger partial charge on any atom is 0.141 e. The predicted octanol–water partition coefficient (Wildman–Crippen LogP) is 1.79. The molecule has 14 heavy (non-hydrogen) atoms. The molecule has 3 nitrogen and oxygen atoms in total. The number of aryl methyl sites for hydroxylation is 1. The molecule has 0 spiro atoms. The predicted molar refractivity (Wildman–Crippen MR) is 55.4 cm³/mol. The molecule has 1 aromatic heterocycles. The lowest BCUT2D eigenvalue weighted by Crippen LogP contribution is -2.33. The Bertz CT molecular complexity index is 317. The van der Waals surface area contributed by atoms with E-state index in [0.717, 1.165) is 37.4 Å². The van der Waals surface area contributed by atoms with Crippen molar-refractivity contribution in [3.05, 3.63) is 17.0 Å². The molecule has 0 atom stereocenters. The van der Waals surface area contributed by atoms with Gasteiger partial charge in [-0.2, -0.15) is 0 Å². The van der Waals surface area contributed by atoms with Crippen LogP contribution in [0, 0.1) is 6.92 Å². The molecule has 0 radical (unpaired) electrons. The molecule has 0 aliphatic carbocycles. The van der Waals surface area contributed by atoms with E-state index >= 15 is 0 Å². The number of hydrogen-bond acceptors (Lipinski definition) is 3. The fraction of sp³-hybridized carbons (Fsp3) is 0.727. The Morgan fingerprint density at radius 2 is 2.00 bits per heavy atom. The van der Waals surface area contributed by atoms with E-state index in [9.17, 15) is 0 Å². The van der Waals surface area contributed by atoms with Gasteiger partial charge in [-0.1, -0.05) is 5.16 Å². The average molecular weight is 194 g/mol. The fourth-order valence-corrected chi connectivity index (χ4v) is 2.08. The van der Waals surface area contributed by atoms with E-state index in [0.29, 0.717) is 6.04 Å². The zero-order chi connectivity index (χ0) is 10.1. The highest BCUT2D eigenvalue weighted by atomic mass is 16.5. The minimum Gasteiger partial charge on any atom is -0.361 e. The molecule has 0 bridgehead atoms. The summed E-state index contributed by atoms with van der Waals surface area (Å²) < 4.78 is 5.32. The first kappa shape index (κ1) is 9.71. The van der Waals surface area contributed by atoms with E-state index in [4.69, 9.17) is 4.52 Å². The first-order valence-corrected chi connectivity index (χ1v) is 5.36. The van der Waals surface area contributed by atoms with E-state index in [1.54, 1.807) is 0 Å². The molecule has 2 rings (SSSR count). The van der Waals surface area contributed by atoms with Crippen LogP contribution in [0.1, 0.15) is 30.9 Å². The van der Waals surface area contributed by atoms with Gasteiger partial charge in [0.1, 0.15) is 5.76 Å². The summed E-state index contributed by atoms with van der Waals surface area (Å²) in [7, 11) is 0. The number of fused-ring (bicyclic) bond motifs is 1. The summed E-state index contributed by atoms with van der Waals surface area (Å²) >= 11 is 0. The molecule has 78 valence electrons. The Kier molecular flexibility index (Phi) is 2.59. The van der Waals surface area contributed by atoms with Gasteiger partial charge in [0.15, 0.2) is 0 Å².